The van der Waals surface area contributed by atoms with Crippen LogP contribution in [0.3, 0.4) is 0 Å². The SMILES string of the molecule is O=C(NC1(C(=O)O)CCCCCC1)C1CCN(Cc2ccccc2)CC1. The zero-order valence-electron chi connectivity index (χ0n) is 15.5. The number of amides is 1. The molecule has 3 rings (SSSR count). The van der Waals surface area contributed by atoms with Gasteiger partial charge in [0.1, 0.15) is 5.54 Å². The van der Waals surface area contributed by atoms with Crippen molar-refractivity contribution < 1.29 is 14.7 Å². The summed E-state index contributed by atoms with van der Waals surface area (Å²) in [5, 5.41) is 12.7. The Balaban J connectivity index is 1.53. The van der Waals surface area contributed by atoms with Gasteiger partial charge in [0, 0.05) is 12.5 Å². The largest absolute Gasteiger partial charge is 0.480 e. The van der Waals surface area contributed by atoms with Gasteiger partial charge in [0.25, 0.3) is 0 Å². The van der Waals surface area contributed by atoms with Crippen LogP contribution in [-0.4, -0.2) is 40.5 Å². The van der Waals surface area contributed by atoms with Gasteiger partial charge in [0.2, 0.25) is 5.91 Å². The second-order valence-electron chi connectivity index (χ2n) is 7.83. The molecule has 0 bridgehead atoms. The Labute approximate surface area is 155 Å². The molecule has 2 aliphatic rings. The van der Waals surface area contributed by atoms with Crippen molar-refractivity contribution in [1.82, 2.24) is 10.2 Å². The molecule has 5 heteroatoms. The lowest BCUT2D eigenvalue weighted by Crippen LogP contribution is -2.56. The van der Waals surface area contributed by atoms with Crippen LogP contribution in [0.5, 0.6) is 0 Å². The maximum absolute atomic E-state index is 12.8. The maximum atomic E-state index is 12.8. The number of aliphatic carboxylic acids is 1. The first-order chi connectivity index (χ1) is 12.6. The molecule has 0 unspecified atom stereocenters. The lowest BCUT2D eigenvalue weighted by Gasteiger charge is -2.35. The normalized spacial score (nSPS) is 21.7. The van der Waals surface area contributed by atoms with Crippen LogP contribution in [0.15, 0.2) is 30.3 Å². The van der Waals surface area contributed by atoms with Crippen molar-refractivity contribution in [3.63, 3.8) is 0 Å². The predicted molar refractivity (Wildman–Crippen MR) is 101 cm³/mol. The monoisotopic (exact) mass is 358 g/mol. The van der Waals surface area contributed by atoms with Gasteiger partial charge in [-0.05, 0) is 44.3 Å². The predicted octanol–water partition coefficient (Wildman–Crippen LogP) is 3.19. The molecular formula is C21H30N2O3. The van der Waals surface area contributed by atoms with E-state index in [0.29, 0.717) is 12.8 Å². The van der Waals surface area contributed by atoms with E-state index in [9.17, 15) is 14.7 Å². The molecule has 2 fully saturated rings. The topological polar surface area (TPSA) is 69.6 Å². The summed E-state index contributed by atoms with van der Waals surface area (Å²) >= 11 is 0. The first kappa shape index (κ1) is 18.9. The van der Waals surface area contributed by atoms with E-state index in [0.717, 1.165) is 58.2 Å². The lowest BCUT2D eigenvalue weighted by molar-refractivity contribution is -0.149. The molecule has 1 aliphatic carbocycles. The van der Waals surface area contributed by atoms with Crippen molar-refractivity contribution in [3.05, 3.63) is 35.9 Å². The molecule has 1 heterocycles. The molecule has 1 amide bonds. The number of benzene rings is 1. The number of rotatable bonds is 5. The molecule has 0 aromatic heterocycles. The maximum Gasteiger partial charge on any atom is 0.329 e. The lowest BCUT2D eigenvalue weighted by atomic mass is 9.88. The summed E-state index contributed by atoms with van der Waals surface area (Å²) in [7, 11) is 0. The number of carbonyl (C=O) groups excluding carboxylic acids is 1. The van der Waals surface area contributed by atoms with Crippen LogP contribution in [0.1, 0.15) is 56.9 Å². The number of carboxylic acids is 1. The molecule has 1 aromatic carbocycles. The molecule has 0 atom stereocenters. The quantitative estimate of drug-likeness (QED) is 0.793. The highest BCUT2D eigenvalue weighted by Gasteiger charge is 2.41. The van der Waals surface area contributed by atoms with Gasteiger partial charge < -0.3 is 10.4 Å². The first-order valence-corrected chi connectivity index (χ1v) is 9.91. The Morgan fingerprint density at radius 2 is 1.65 bits per heavy atom. The van der Waals surface area contributed by atoms with Crippen molar-refractivity contribution in [2.45, 2.75) is 63.5 Å². The number of carbonyl (C=O) groups is 2. The second kappa shape index (κ2) is 8.67. The van der Waals surface area contributed by atoms with Gasteiger partial charge in [-0.1, -0.05) is 56.0 Å². The molecule has 1 aromatic rings. The molecule has 26 heavy (non-hydrogen) atoms. The summed E-state index contributed by atoms with van der Waals surface area (Å²) in [6.45, 7) is 2.67. The van der Waals surface area contributed by atoms with E-state index in [1.54, 1.807) is 0 Å². The molecule has 1 aliphatic heterocycles. The molecule has 1 saturated carbocycles. The summed E-state index contributed by atoms with van der Waals surface area (Å²) in [6, 6.07) is 10.4. The van der Waals surface area contributed by atoms with Crippen molar-refractivity contribution in [2.75, 3.05) is 13.1 Å². The van der Waals surface area contributed by atoms with Crippen LogP contribution in [0.25, 0.3) is 0 Å². The fourth-order valence-electron chi connectivity index (χ4n) is 4.26. The minimum atomic E-state index is -1.05. The standard InChI is InChI=1S/C21H30N2O3/c24-19(22-21(20(25)26)12-6-1-2-7-13-21)18-10-14-23(15-11-18)16-17-8-4-3-5-9-17/h3-5,8-9,18H,1-2,6-7,10-16H2,(H,22,24)(H,25,26). The van der Waals surface area contributed by atoms with Crippen LogP contribution in [-0.2, 0) is 16.1 Å². The Bertz CT molecular complexity index is 601. The van der Waals surface area contributed by atoms with Crippen LogP contribution < -0.4 is 5.32 Å². The number of carboxylic acid groups (broad SMARTS) is 1. The van der Waals surface area contributed by atoms with E-state index >= 15 is 0 Å². The van der Waals surface area contributed by atoms with Crippen LogP contribution in [0, 0.1) is 5.92 Å². The highest BCUT2D eigenvalue weighted by Crippen LogP contribution is 2.29. The first-order valence-electron chi connectivity index (χ1n) is 9.91. The second-order valence-corrected chi connectivity index (χ2v) is 7.83. The van der Waals surface area contributed by atoms with Gasteiger partial charge in [0.15, 0.2) is 0 Å². The van der Waals surface area contributed by atoms with Gasteiger partial charge in [-0.3, -0.25) is 9.69 Å². The molecule has 5 nitrogen and oxygen atoms in total. The summed E-state index contributed by atoms with van der Waals surface area (Å²) in [5.41, 5.74) is 0.244. The average molecular weight is 358 g/mol. The molecule has 0 spiro atoms. The van der Waals surface area contributed by atoms with Crippen molar-refractivity contribution in [2.24, 2.45) is 5.92 Å². The average Bonchev–Trinajstić information content (AvgIpc) is 2.90. The van der Waals surface area contributed by atoms with Gasteiger partial charge in [0.05, 0.1) is 0 Å². The third-order valence-corrected chi connectivity index (χ3v) is 5.94. The number of nitrogens with one attached hydrogen (secondary N) is 1. The van der Waals surface area contributed by atoms with Gasteiger partial charge in [-0.25, -0.2) is 4.79 Å². The minimum Gasteiger partial charge on any atom is -0.480 e. The van der Waals surface area contributed by atoms with E-state index < -0.39 is 11.5 Å². The molecule has 1 saturated heterocycles. The van der Waals surface area contributed by atoms with Crippen molar-refractivity contribution in [3.8, 4) is 0 Å². The molecular weight excluding hydrogens is 328 g/mol. The number of likely N-dealkylation sites (tertiary alicyclic amines) is 1. The molecule has 0 radical (unpaired) electrons. The van der Waals surface area contributed by atoms with Crippen LogP contribution in [0.4, 0.5) is 0 Å². The van der Waals surface area contributed by atoms with Crippen LogP contribution in [0.2, 0.25) is 0 Å². The highest BCUT2D eigenvalue weighted by molar-refractivity contribution is 5.88. The Kier molecular flexibility index (Phi) is 6.30. The number of piperidine rings is 1. The molecule has 2 N–H and O–H groups in total. The Morgan fingerprint density at radius 1 is 1.04 bits per heavy atom. The number of hydrogen-bond acceptors (Lipinski definition) is 3. The third kappa shape index (κ3) is 4.64. The van der Waals surface area contributed by atoms with E-state index in [4.69, 9.17) is 0 Å². The van der Waals surface area contributed by atoms with E-state index in [-0.39, 0.29) is 11.8 Å². The van der Waals surface area contributed by atoms with E-state index in [1.807, 2.05) is 18.2 Å². The summed E-state index contributed by atoms with van der Waals surface area (Å²) < 4.78 is 0. The zero-order valence-corrected chi connectivity index (χ0v) is 15.5. The fourth-order valence-corrected chi connectivity index (χ4v) is 4.26. The van der Waals surface area contributed by atoms with Gasteiger partial charge in [-0.15, -0.1) is 0 Å². The Hall–Kier alpha value is -1.88. The van der Waals surface area contributed by atoms with Gasteiger partial charge >= 0.3 is 5.97 Å². The number of nitrogens with zero attached hydrogens (tertiary/aromatic N) is 1. The number of hydrogen-bond donors (Lipinski definition) is 2. The van der Waals surface area contributed by atoms with Crippen LogP contribution >= 0.6 is 0 Å². The smallest absolute Gasteiger partial charge is 0.329 e. The molecule has 142 valence electrons. The van der Waals surface area contributed by atoms with Gasteiger partial charge in [-0.2, -0.15) is 0 Å². The van der Waals surface area contributed by atoms with Crippen molar-refractivity contribution in [1.29, 1.82) is 0 Å². The summed E-state index contributed by atoms with van der Waals surface area (Å²) in [5.74, 6) is -0.996. The van der Waals surface area contributed by atoms with Crippen molar-refractivity contribution >= 4 is 11.9 Å². The Morgan fingerprint density at radius 3 is 2.23 bits per heavy atom. The third-order valence-electron chi connectivity index (χ3n) is 5.94. The highest BCUT2D eigenvalue weighted by atomic mass is 16.4. The fraction of sp³-hybridized carbons (Fsp3) is 0.619. The summed E-state index contributed by atoms with van der Waals surface area (Å²) in [6.07, 6.45) is 6.58. The minimum absolute atomic E-state index is 0.0614. The van der Waals surface area contributed by atoms with E-state index in [1.165, 1.54) is 5.56 Å². The zero-order chi connectivity index (χ0) is 18.4. The summed E-state index contributed by atoms with van der Waals surface area (Å²) in [4.78, 5) is 27.0. The van der Waals surface area contributed by atoms with E-state index in [2.05, 4.69) is 22.3 Å².